The molecular formula is C22H22FN3O3S. The highest BCUT2D eigenvalue weighted by Crippen LogP contribution is 2.39. The molecule has 0 bridgehead atoms. The normalized spacial score (nSPS) is 18.7. The van der Waals surface area contributed by atoms with Crippen molar-refractivity contribution in [2.24, 2.45) is 0 Å². The maximum absolute atomic E-state index is 13.2. The van der Waals surface area contributed by atoms with Crippen molar-refractivity contribution in [2.45, 2.75) is 29.4 Å². The largest absolute Gasteiger partial charge is 0.341 e. The smallest absolute Gasteiger partial charge is 0.250 e. The third-order valence-electron chi connectivity index (χ3n) is 5.21. The number of para-hydroxylation sites is 1. The standard InChI is InChI=1S/C22H22FN3O3S/c23-15-8-10-16(11-9-15)24-19(27)14-26-17-6-2-3-7-18(17)30-20(22(26)29)21(28)25-12-4-1-5-13-25/h2-3,6-11,20H,1,4-5,12-14H2,(H,24,27). The number of halogens is 1. The molecule has 1 N–H and O–H groups in total. The van der Waals surface area contributed by atoms with Crippen molar-refractivity contribution >= 4 is 40.9 Å². The first-order valence-electron chi connectivity index (χ1n) is 9.94. The minimum Gasteiger partial charge on any atom is -0.341 e. The highest BCUT2D eigenvalue weighted by molar-refractivity contribution is 8.01. The summed E-state index contributed by atoms with van der Waals surface area (Å²) >= 11 is 1.25. The van der Waals surface area contributed by atoms with Gasteiger partial charge in [-0.3, -0.25) is 14.4 Å². The number of hydrogen-bond acceptors (Lipinski definition) is 4. The third kappa shape index (κ3) is 4.33. The number of anilines is 2. The first kappa shape index (κ1) is 20.4. The number of thioether (sulfide) groups is 1. The van der Waals surface area contributed by atoms with Crippen LogP contribution in [0.1, 0.15) is 19.3 Å². The van der Waals surface area contributed by atoms with Gasteiger partial charge in [0.15, 0.2) is 5.25 Å². The molecule has 0 aliphatic carbocycles. The van der Waals surface area contributed by atoms with Gasteiger partial charge in [-0.25, -0.2) is 4.39 Å². The molecule has 0 saturated carbocycles. The highest BCUT2D eigenvalue weighted by atomic mass is 32.2. The molecule has 2 aromatic rings. The minimum absolute atomic E-state index is 0.192. The number of nitrogens with zero attached hydrogens (tertiary/aromatic N) is 2. The molecule has 0 radical (unpaired) electrons. The number of hydrogen-bond donors (Lipinski definition) is 1. The summed E-state index contributed by atoms with van der Waals surface area (Å²) in [5, 5.41) is 1.78. The summed E-state index contributed by atoms with van der Waals surface area (Å²) < 4.78 is 13.1. The van der Waals surface area contributed by atoms with Crippen molar-refractivity contribution in [2.75, 3.05) is 29.9 Å². The van der Waals surface area contributed by atoms with E-state index >= 15 is 0 Å². The van der Waals surface area contributed by atoms with Crippen LogP contribution in [0.4, 0.5) is 15.8 Å². The molecule has 2 aromatic carbocycles. The molecule has 6 nitrogen and oxygen atoms in total. The molecule has 1 fully saturated rings. The van der Waals surface area contributed by atoms with Crippen molar-refractivity contribution in [3.05, 3.63) is 54.3 Å². The Morgan fingerprint density at radius 3 is 2.47 bits per heavy atom. The summed E-state index contributed by atoms with van der Waals surface area (Å²) in [6, 6.07) is 12.7. The molecule has 2 aliphatic rings. The molecule has 2 aliphatic heterocycles. The van der Waals surface area contributed by atoms with Crippen molar-refractivity contribution in [1.82, 2.24) is 4.90 Å². The molecule has 0 aromatic heterocycles. The van der Waals surface area contributed by atoms with Crippen LogP contribution in [0.5, 0.6) is 0 Å². The van der Waals surface area contributed by atoms with Crippen molar-refractivity contribution in [3.63, 3.8) is 0 Å². The average Bonchev–Trinajstić information content (AvgIpc) is 2.77. The van der Waals surface area contributed by atoms with Gasteiger partial charge in [-0.15, -0.1) is 11.8 Å². The fraction of sp³-hybridized carbons (Fsp3) is 0.318. The SMILES string of the molecule is O=C(CN1C(=O)C(C(=O)N2CCCCC2)Sc2ccccc21)Nc1ccc(F)cc1. The summed E-state index contributed by atoms with van der Waals surface area (Å²) in [6.07, 6.45) is 2.98. The van der Waals surface area contributed by atoms with Crippen molar-refractivity contribution < 1.29 is 18.8 Å². The lowest BCUT2D eigenvalue weighted by molar-refractivity contribution is -0.135. The maximum Gasteiger partial charge on any atom is 0.250 e. The monoisotopic (exact) mass is 427 g/mol. The molecular weight excluding hydrogens is 405 g/mol. The van der Waals surface area contributed by atoms with E-state index in [4.69, 9.17) is 0 Å². The summed E-state index contributed by atoms with van der Waals surface area (Å²) in [5.41, 5.74) is 1.05. The van der Waals surface area contributed by atoms with E-state index in [2.05, 4.69) is 5.32 Å². The Hall–Kier alpha value is -2.87. The lowest BCUT2D eigenvalue weighted by Crippen LogP contribution is -2.52. The van der Waals surface area contributed by atoms with Gasteiger partial charge >= 0.3 is 0 Å². The average molecular weight is 428 g/mol. The Balaban J connectivity index is 1.54. The second kappa shape index (κ2) is 8.87. The quantitative estimate of drug-likeness (QED) is 0.761. The number of carbonyl (C=O) groups is 3. The van der Waals surface area contributed by atoms with E-state index in [1.165, 1.54) is 40.9 Å². The van der Waals surface area contributed by atoms with Gasteiger partial charge in [-0.2, -0.15) is 0 Å². The van der Waals surface area contributed by atoms with Gasteiger partial charge in [-0.05, 0) is 55.7 Å². The van der Waals surface area contributed by atoms with Crippen LogP contribution in [0.2, 0.25) is 0 Å². The second-order valence-electron chi connectivity index (χ2n) is 7.33. The molecule has 3 amide bonds. The molecule has 1 atom stereocenters. The molecule has 4 rings (SSSR count). The summed E-state index contributed by atoms with van der Waals surface area (Å²) in [7, 11) is 0. The van der Waals surface area contributed by atoms with Gasteiger partial charge in [0.1, 0.15) is 12.4 Å². The van der Waals surface area contributed by atoms with Crippen LogP contribution in [0.3, 0.4) is 0 Å². The van der Waals surface area contributed by atoms with E-state index < -0.39 is 17.0 Å². The maximum atomic E-state index is 13.2. The molecule has 2 heterocycles. The fourth-order valence-electron chi connectivity index (χ4n) is 3.69. The van der Waals surface area contributed by atoms with Crippen LogP contribution in [-0.2, 0) is 14.4 Å². The number of nitrogens with one attached hydrogen (secondary N) is 1. The molecule has 30 heavy (non-hydrogen) atoms. The molecule has 8 heteroatoms. The van der Waals surface area contributed by atoms with E-state index in [-0.39, 0.29) is 18.4 Å². The number of benzene rings is 2. The van der Waals surface area contributed by atoms with Gasteiger partial charge in [-0.1, -0.05) is 12.1 Å². The van der Waals surface area contributed by atoms with E-state index in [0.717, 1.165) is 24.2 Å². The second-order valence-corrected chi connectivity index (χ2v) is 8.48. The number of piperidine rings is 1. The summed E-state index contributed by atoms with van der Waals surface area (Å²) in [6.45, 7) is 1.10. The van der Waals surface area contributed by atoms with Crippen LogP contribution in [0.15, 0.2) is 53.4 Å². The Bertz CT molecular complexity index is 960. The Kier molecular flexibility index (Phi) is 6.03. The molecule has 1 saturated heterocycles. The summed E-state index contributed by atoms with van der Waals surface area (Å²) in [5.74, 6) is -1.39. The van der Waals surface area contributed by atoms with Gasteiger partial charge in [0.05, 0.1) is 5.69 Å². The topological polar surface area (TPSA) is 69.7 Å². The molecule has 0 spiro atoms. The Morgan fingerprint density at radius 1 is 1.03 bits per heavy atom. The molecule has 156 valence electrons. The zero-order chi connectivity index (χ0) is 21.1. The van der Waals surface area contributed by atoms with E-state index in [1.54, 1.807) is 17.0 Å². The number of likely N-dealkylation sites (tertiary alicyclic amines) is 1. The van der Waals surface area contributed by atoms with E-state index in [1.807, 2.05) is 12.1 Å². The van der Waals surface area contributed by atoms with Crippen molar-refractivity contribution in [1.29, 1.82) is 0 Å². The highest BCUT2D eigenvalue weighted by Gasteiger charge is 2.40. The van der Waals surface area contributed by atoms with Gasteiger partial charge in [0, 0.05) is 23.7 Å². The van der Waals surface area contributed by atoms with Gasteiger partial charge in [0.25, 0.3) is 5.91 Å². The lowest BCUT2D eigenvalue weighted by Gasteiger charge is -2.36. The predicted molar refractivity (Wildman–Crippen MR) is 114 cm³/mol. The summed E-state index contributed by atoms with van der Waals surface area (Å²) in [4.78, 5) is 42.8. The fourth-order valence-corrected chi connectivity index (χ4v) is 4.88. The van der Waals surface area contributed by atoms with Crippen LogP contribution in [0, 0.1) is 5.82 Å². The zero-order valence-corrected chi connectivity index (χ0v) is 17.2. The molecule has 1 unspecified atom stereocenters. The van der Waals surface area contributed by atoms with Crippen LogP contribution >= 0.6 is 11.8 Å². The lowest BCUT2D eigenvalue weighted by atomic mass is 10.1. The number of rotatable bonds is 4. The minimum atomic E-state index is -0.892. The number of carbonyl (C=O) groups excluding carboxylic acids is 3. The van der Waals surface area contributed by atoms with Gasteiger partial charge in [0.2, 0.25) is 11.8 Å². The van der Waals surface area contributed by atoms with Gasteiger partial charge < -0.3 is 15.1 Å². The first-order valence-corrected chi connectivity index (χ1v) is 10.8. The van der Waals surface area contributed by atoms with Crippen LogP contribution < -0.4 is 10.2 Å². The zero-order valence-electron chi connectivity index (χ0n) is 16.3. The number of amides is 3. The Morgan fingerprint density at radius 2 is 1.73 bits per heavy atom. The third-order valence-corrected chi connectivity index (χ3v) is 6.45. The number of fused-ring (bicyclic) bond motifs is 1. The van der Waals surface area contributed by atoms with Crippen LogP contribution in [-0.4, -0.2) is 47.5 Å². The Labute approximate surface area is 178 Å². The van der Waals surface area contributed by atoms with Crippen molar-refractivity contribution in [3.8, 4) is 0 Å². The predicted octanol–water partition coefficient (Wildman–Crippen LogP) is 3.28. The van der Waals surface area contributed by atoms with E-state index in [0.29, 0.717) is 24.5 Å². The van der Waals surface area contributed by atoms with E-state index in [9.17, 15) is 18.8 Å². The van der Waals surface area contributed by atoms with Crippen LogP contribution in [0.25, 0.3) is 0 Å². The first-order chi connectivity index (χ1) is 14.5.